The fourth-order valence-electron chi connectivity index (χ4n) is 1.69. The summed E-state index contributed by atoms with van der Waals surface area (Å²) in [5.74, 6) is 4.07. The summed E-state index contributed by atoms with van der Waals surface area (Å²) in [6.07, 6.45) is 5.42. The van der Waals surface area contributed by atoms with Crippen molar-refractivity contribution >= 4 is 0 Å². The van der Waals surface area contributed by atoms with Crippen molar-refractivity contribution in [1.82, 2.24) is 0 Å². The predicted octanol–water partition coefficient (Wildman–Crippen LogP) is 4.06. The molecule has 0 saturated heterocycles. The molecule has 0 amide bonds. The van der Waals surface area contributed by atoms with E-state index >= 15 is 0 Å². The summed E-state index contributed by atoms with van der Waals surface area (Å²) in [6, 6.07) is 17.5. The Balaban J connectivity index is 2.02. The Bertz CT molecular complexity index is 594. The maximum absolute atomic E-state index is 5.75. The smallest absolute Gasteiger partial charge is 0.163 e. The summed E-state index contributed by atoms with van der Waals surface area (Å²) in [5.41, 5.74) is 0.501. The van der Waals surface area contributed by atoms with Crippen LogP contribution in [0, 0.1) is 12.3 Å². The molecule has 102 valence electrons. The molecular weight excluding hydrogens is 248 g/mol. The fourth-order valence-corrected chi connectivity index (χ4v) is 1.69. The molecular formula is C18H18O2. The Hall–Kier alpha value is -2.40. The molecule has 0 saturated carbocycles. The highest BCUT2D eigenvalue weighted by Gasteiger charge is 2.15. The molecule has 0 bridgehead atoms. The second kappa shape index (κ2) is 6.16. The molecule has 0 spiro atoms. The molecule has 0 radical (unpaired) electrons. The van der Waals surface area contributed by atoms with Gasteiger partial charge in [0, 0.05) is 6.07 Å². The van der Waals surface area contributed by atoms with Gasteiger partial charge >= 0.3 is 0 Å². The van der Waals surface area contributed by atoms with Crippen LogP contribution in [0.5, 0.6) is 11.5 Å². The van der Waals surface area contributed by atoms with Crippen molar-refractivity contribution in [1.29, 1.82) is 0 Å². The van der Waals surface area contributed by atoms with Crippen LogP contribution in [-0.2, 0) is 6.61 Å². The number of terminal acetylenes is 1. The van der Waals surface area contributed by atoms with Crippen LogP contribution in [0.3, 0.4) is 0 Å². The van der Waals surface area contributed by atoms with E-state index in [1.165, 1.54) is 0 Å². The van der Waals surface area contributed by atoms with E-state index in [2.05, 4.69) is 5.92 Å². The lowest BCUT2D eigenvalue weighted by atomic mass is 10.1. The number of benzene rings is 2. The maximum atomic E-state index is 5.75. The highest BCUT2D eigenvalue weighted by atomic mass is 16.5. The minimum absolute atomic E-state index is 0.531. The second-order valence-corrected chi connectivity index (χ2v) is 5.01. The zero-order valence-corrected chi connectivity index (χ0v) is 11.8. The lowest BCUT2D eigenvalue weighted by Crippen LogP contribution is -2.25. The van der Waals surface area contributed by atoms with E-state index in [9.17, 15) is 0 Å². The van der Waals surface area contributed by atoms with Gasteiger partial charge in [0.25, 0.3) is 0 Å². The van der Waals surface area contributed by atoms with Crippen molar-refractivity contribution in [3.63, 3.8) is 0 Å². The van der Waals surface area contributed by atoms with Crippen LogP contribution in [0.1, 0.15) is 19.4 Å². The van der Waals surface area contributed by atoms with E-state index in [1.807, 2.05) is 68.4 Å². The first-order valence-corrected chi connectivity index (χ1v) is 6.53. The van der Waals surface area contributed by atoms with Crippen molar-refractivity contribution in [3.8, 4) is 23.8 Å². The third kappa shape index (κ3) is 4.07. The van der Waals surface area contributed by atoms with E-state index in [0.717, 1.165) is 11.3 Å². The average molecular weight is 266 g/mol. The highest BCUT2D eigenvalue weighted by molar-refractivity contribution is 5.34. The first-order valence-electron chi connectivity index (χ1n) is 6.53. The van der Waals surface area contributed by atoms with Crippen molar-refractivity contribution in [2.24, 2.45) is 0 Å². The Kier molecular flexibility index (Phi) is 4.32. The van der Waals surface area contributed by atoms with Crippen LogP contribution in [0.25, 0.3) is 0 Å². The lowest BCUT2D eigenvalue weighted by molar-refractivity contribution is 0.171. The number of hydrogen-bond acceptors (Lipinski definition) is 2. The van der Waals surface area contributed by atoms with Crippen molar-refractivity contribution in [2.75, 3.05) is 0 Å². The Morgan fingerprint density at radius 3 is 2.40 bits per heavy atom. The molecule has 0 atom stereocenters. The Labute approximate surface area is 120 Å². The van der Waals surface area contributed by atoms with Gasteiger partial charge in [-0.05, 0) is 31.5 Å². The third-order valence-electron chi connectivity index (χ3n) is 2.77. The molecule has 2 aromatic carbocycles. The van der Waals surface area contributed by atoms with Gasteiger partial charge in [-0.3, -0.25) is 0 Å². The van der Waals surface area contributed by atoms with Gasteiger partial charge in [-0.2, -0.15) is 0 Å². The molecule has 0 aliphatic carbocycles. The minimum atomic E-state index is -0.627. The molecule has 2 rings (SSSR count). The number of ether oxygens (including phenoxy) is 2. The SMILES string of the molecule is C#CC(C)(C)Oc1cccc(OCc2ccccc2)c1. The number of rotatable bonds is 5. The molecule has 2 heteroatoms. The van der Waals surface area contributed by atoms with Crippen LogP contribution < -0.4 is 9.47 Å². The largest absolute Gasteiger partial charge is 0.489 e. The van der Waals surface area contributed by atoms with Crippen LogP contribution >= 0.6 is 0 Å². The van der Waals surface area contributed by atoms with E-state index in [0.29, 0.717) is 12.4 Å². The molecule has 20 heavy (non-hydrogen) atoms. The van der Waals surface area contributed by atoms with Crippen LogP contribution in [0.2, 0.25) is 0 Å². The predicted molar refractivity (Wildman–Crippen MR) is 80.8 cm³/mol. The normalized spacial score (nSPS) is 10.7. The molecule has 0 heterocycles. The molecule has 2 aromatic rings. The quantitative estimate of drug-likeness (QED) is 0.760. The summed E-state index contributed by atoms with van der Waals surface area (Å²) < 4.78 is 11.5. The summed E-state index contributed by atoms with van der Waals surface area (Å²) >= 11 is 0. The van der Waals surface area contributed by atoms with Gasteiger partial charge in [0.2, 0.25) is 0 Å². The van der Waals surface area contributed by atoms with E-state index in [1.54, 1.807) is 0 Å². The first-order chi connectivity index (χ1) is 9.59. The van der Waals surface area contributed by atoms with Crippen molar-refractivity contribution in [2.45, 2.75) is 26.1 Å². The molecule has 0 N–H and O–H groups in total. The van der Waals surface area contributed by atoms with Gasteiger partial charge in [-0.1, -0.05) is 42.3 Å². The van der Waals surface area contributed by atoms with Crippen LogP contribution in [0.4, 0.5) is 0 Å². The summed E-state index contributed by atoms with van der Waals surface area (Å²) in [6.45, 7) is 4.23. The number of hydrogen-bond donors (Lipinski definition) is 0. The van der Waals surface area contributed by atoms with Crippen LogP contribution in [0.15, 0.2) is 54.6 Å². The fraction of sp³-hybridized carbons (Fsp3) is 0.222. The second-order valence-electron chi connectivity index (χ2n) is 5.01. The molecule has 2 nitrogen and oxygen atoms in total. The molecule has 0 unspecified atom stereocenters. The standard InChI is InChI=1S/C18H18O2/c1-4-18(2,3)20-17-12-8-11-16(13-17)19-14-15-9-6-5-7-10-15/h1,5-13H,14H2,2-3H3. The Morgan fingerprint density at radius 2 is 1.70 bits per heavy atom. The van der Waals surface area contributed by atoms with E-state index in [4.69, 9.17) is 15.9 Å². The van der Waals surface area contributed by atoms with Gasteiger partial charge in [0.05, 0.1) is 0 Å². The maximum Gasteiger partial charge on any atom is 0.163 e. The molecule has 0 aliphatic heterocycles. The summed E-state index contributed by atoms with van der Waals surface area (Å²) in [7, 11) is 0. The molecule has 0 aromatic heterocycles. The molecule has 0 fully saturated rings. The zero-order chi connectivity index (χ0) is 14.4. The lowest BCUT2D eigenvalue weighted by Gasteiger charge is -2.20. The minimum Gasteiger partial charge on any atom is -0.489 e. The van der Waals surface area contributed by atoms with Gasteiger partial charge in [0.15, 0.2) is 5.60 Å². The highest BCUT2D eigenvalue weighted by Crippen LogP contribution is 2.23. The zero-order valence-electron chi connectivity index (χ0n) is 11.8. The molecule has 0 aliphatic rings. The monoisotopic (exact) mass is 266 g/mol. The average Bonchev–Trinajstić information content (AvgIpc) is 2.46. The summed E-state index contributed by atoms with van der Waals surface area (Å²) in [4.78, 5) is 0. The topological polar surface area (TPSA) is 18.5 Å². The Morgan fingerprint density at radius 1 is 1.00 bits per heavy atom. The van der Waals surface area contributed by atoms with E-state index < -0.39 is 5.60 Å². The summed E-state index contributed by atoms with van der Waals surface area (Å²) in [5, 5.41) is 0. The van der Waals surface area contributed by atoms with Crippen molar-refractivity contribution < 1.29 is 9.47 Å². The van der Waals surface area contributed by atoms with Crippen molar-refractivity contribution in [3.05, 3.63) is 60.2 Å². The van der Waals surface area contributed by atoms with Gasteiger partial charge in [0.1, 0.15) is 18.1 Å². The van der Waals surface area contributed by atoms with Gasteiger partial charge in [-0.25, -0.2) is 0 Å². The van der Waals surface area contributed by atoms with Gasteiger partial charge < -0.3 is 9.47 Å². The van der Waals surface area contributed by atoms with Crippen LogP contribution in [-0.4, -0.2) is 5.60 Å². The van der Waals surface area contributed by atoms with E-state index in [-0.39, 0.29) is 0 Å². The first kappa shape index (κ1) is 14.0. The third-order valence-corrected chi connectivity index (χ3v) is 2.77. The van der Waals surface area contributed by atoms with Gasteiger partial charge in [-0.15, -0.1) is 6.42 Å².